The number of benzene rings is 3. The molecule has 0 saturated carbocycles. The maximum atomic E-state index is 12.8. The van der Waals surface area contributed by atoms with E-state index in [2.05, 4.69) is 40.9 Å². The molecule has 16 heteroatoms. The van der Waals surface area contributed by atoms with Crippen molar-refractivity contribution in [2.45, 2.75) is 74.1 Å². The third-order valence-corrected chi connectivity index (χ3v) is 10.4. The minimum absolute atomic E-state index is 0.103. The van der Waals surface area contributed by atoms with E-state index >= 15 is 0 Å². The van der Waals surface area contributed by atoms with Crippen LogP contribution in [0.5, 0.6) is 5.88 Å². The Kier molecular flexibility index (Phi) is 15.4. The van der Waals surface area contributed by atoms with Crippen LogP contribution in [0.25, 0.3) is 0 Å². The topological polar surface area (TPSA) is 188 Å². The van der Waals surface area contributed by atoms with E-state index in [9.17, 15) is 18.0 Å². The zero-order valence-corrected chi connectivity index (χ0v) is 32.1. The predicted molar refractivity (Wildman–Crippen MR) is 208 cm³/mol. The van der Waals surface area contributed by atoms with Crippen LogP contribution in [-0.4, -0.2) is 60.8 Å². The first kappa shape index (κ1) is 40.6. The summed E-state index contributed by atoms with van der Waals surface area (Å²) in [5.41, 5.74) is 2.54. The van der Waals surface area contributed by atoms with Crippen LogP contribution in [0.1, 0.15) is 73.7 Å². The molecule has 0 aliphatic rings. The largest absolute Gasteiger partial charge is 0.473 e. The molecule has 0 aliphatic carbocycles. The number of halogens is 1. The van der Waals surface area contributed by atoms with Crippen molar-refractivity contribution >= 4 is 56.5 Å². The van der Waals surface area contributed by atoms with Gasteiger partial charge in [-0.2, -0.15) is 4.98 Å². The molecule has 0 spiro atoms. The van der Waals surface area contributed by atoms with Crippen LogP contribution in [0.15, 0.2) is 99.6 Å². The summed E-state index contributed by atoms with van der Waals surface area (Å²) >= 11 is 6.34. The fraction of sp³-hybridized carbons (Fsp3) is 0.333. The average molecular weight is 790 g/mol. The number of hydrogen-bond donors (Lipinski definition) is 3. The first-order valence-electron chi connectivity index (χ1n) is 18.1. The van der Waals surface area contributed by atoms with Crippen LogP contribution in [0, 0.1) is 0 Å². The standard InChI is InChI=1S/C39H44ClN7O7S/c1-41-36(49)31-18-12-13-19-33(31)44-35-32(40)27-42-39(45-35)43-29-22-20-28(21-23-29)26-34(48)52-24-14-7-5-3-2-4-6-8-15-25-53-37-38(47-54-46-37)55(50,51)30-16-10-9-11-17-30/h9-13,16-23,27H,2-8,14-15,24-26H2,1H3,(H,41,49)(H2,42,43,44,45). The zero-order chi connectivity index (χ0) is 38.9. The third-order valence-electron chi connectivity index (χ3n) is 8.48. The first-order chi connectivity index (χ1) is 26.7. The maximum Gasteiger partial charge on any atom is 0.310 e. The van der Waals surface area contributed by atoms with E-state index in [1.165, 1.54) is 18.3 Å². The molecule has 14 nitrogen and oxygen atoms in total. The van der Waals surface area contributed by atoms with Gasteiger partial charge >= 0.3 is 5.97 Å². The number of amides is 1. The predicted octanol–water partition coefficient (Wildman–Crippen LogP) is 7.87. The highest BCUT2D eigenvalue weighted by Crippen LogP contribution is 2.28. The second-order valence-corrected chi connectivity index (χ2v) is 14.9. The number of para-hydroxylation sites is 1. The molecule has 0 fully saturated rings. The lowest BCUT2D eigenvalue weighted by atomic mass is 10.1. The summed E-state index contributed by atoms with van der Waals surface area (Å²) in [4.78, 5) is 33.5. The Bertz CT molecular complexity index is 2100. The van der Waals surface area contributed by atoms with Crippen LogP contribution in [-0.2, 0) is 25.8 Å². The van der Waals surface area contributed by atoms with Crippen molar-refractivity contribution in [3.8, 4) is 5.88 Å². The van der Waals surface area contributed by atoms with E-state index in [-0.39, 0.29) is 34.1 Å². The van der Waals surface area contributed by atoms with Gasteiger partial charge in [0, 0.05) is 12.7 Å². The molecule has 2 aromatic heterocycles. The van der Waals surface area contributed by atoms with Gasteiger partial charge in [0.05, 0.1) is 42.0 Å². The number of esters is 1. The van der Waals surface area contributed by atoms with Gasteiger partial charge in [-0.1, -0.05) is 99.0 Å². The number of sulfone groups is 1. The number of hydrogen-bond acceptors (Lipinski definition) is 13. The molecule has 3 aromatic carbocycles. The number of unbranched alkanes of at least 4 members (excludes halogenated alkanes) is 8. The van der Waals surface area contributed by atoms with Gasteiger partial charge in [-0.3, -0.25) is 9.59 Å². The van der Waals surface area contributed by atoms with Gasteiger partial charge in [0.2, 0.25) is 15.8 Å². The smallest absolute Gasteiger partial charge is 0.310 e. The Morgan fingerprint density at radius 2 is 1.44 bits per heavy atom. The van der Waals surface area contributed by atoms with Crippen LogP contribution in [0.3, 0.4) is 0 Å². The molecule has 5 rings (SSSR count). The Hall–Kier alpha value is -5.54. The number of anilines is 4. The lowest BCUT2D eigenvalue weighted by molar-refractivity contribution is -0.142. The number of ether oxygens (including phenoxy) is 2. The summed E-state index contributed by atoms with van der Waals surface area (Å²) in [7, 11) is -2.30. The minimum Gasteiger partial charge on any atom is -0.473 e. The highest BCUT2D eigenvalue weighted by Gasteiger charge is 2.28. The molecule has 0 saturated heterocycles. The molecule has 5 aromatic rings. The average Bonchev–Trinajstić information content (AvgIpc) is 3.68. The van der Waals surface area contributed by atoms with Crippen molar-refractivity contribution in [1.29, 1.82) is 0 Å². The second-order valence-electron chi connectivity index (χ2n) is 12.6. The highest BCUT2D eigenvalue weighted by atomic mass is 35.5. The van der Waals surface area contributed by atoms with E-state index in [4.69, 9.17) is 21.1 Å². The summed E-state index contributed by atoms with van der Waals surface area (Å²) in [5, 5.41) is 16.0. The molecule has 55 heavy (non-hydrogen) atoms. The van der Waals surface area contributed by atoms with Crippen LogP contribution >= 0.6 is 11.6 Å². The summed E-state index contributed by atoms with van der Waals surface area (Å²) in [5.74, 6) is 0.0133. The van der Waals surface area contributed by atoms with E-state index < -0.39 is 9.84 Å². The molecular weight excluding hydrogens is 746 g/mol. The van der Waals surface area contributed by atoms with E-state index in [0.717, 1.165) is 69.0 Å². The van der Waals surface area contributed by atoms with Gasteiger partial charge < -0.3 is 25.4 Å². The van der Waals surface area contributed by atoms with Crippen LogP contribution in [0.4, 0.5) is 23.1 Å². The lowest BCUT2D eigenvalue weighted by Crippen LogP contribution is -2.19. The van der Waals surface area contributed by atoms with Crippen LogP contribution in [0.2, 0.25) is 5.02 Å². The number of aromatic nitrogens is 4. The number of carbonyl (C=O) groups is 2. The summed E-state index contributed by atoms with van der Waals surface area (Å²) in [6.07, 6.45) is 10.6. The molecule has 0 radical (unpaired) electrons. The fourth-order valence-electron chi connectivity index (χ4n) is 5.55. The second kappa shape index (κ2) is 20.8. The fourth-order valence-corrected chi connectivity index (χ4v) is 6.89. The zero-order valence-electron chi connectivity index (χ0n) is 30.5. The van der Waals surface area contributed by atoms with Gasteiger partial charge in [-0.05, 0) is 65.1 Å². The van der Waals surface area contributed by atoms with Gasteiger partial charge in [-0.15, -0.1) is 0 Å². The van der Waals surface area contributed by atoms with Gasteiger partial charge in [0.25, 0.3) is 16.8 Å². The van der Waals surface area contributed by atoms with Crippen LogP contribution < -0.4 is 20.7 Å². The molecule has 3 N–H and O–H groups in total. The summed E-state index contributed by atoms with van der Waals surface area (Å²) in [6, 6.07) is 22.4. The Morgan fingerprint density at radius 3 is 2.15 bits per heavy atom. The molecular formula is C39H44ClN7O7S. The van der Waals surface area contributed by atoms with Gasteiger partial charge in [0.1, 0.15) is 5.02 Å². The molecule has 0 aliphatic heterocycles. The van der Waals surface area contributed by atoms with E-state index in [1.54, 1.807) is 49.5 Å². The van der Waals surface area contributed by atoms with Crippen molar-refractivity contribution in [1.82, 2.24) is 25.6 Å². The Balaban J connectivity index is 0.904. The van der Waals surface area contributed by atoms with Crippen molar-refractivity contribution in [2.24, 2.45) is 0 Å². The van der Waals surface area contributed by atoms with E-state index in [0.29, 0.717) is 41.3 Å². The lowest BCUT2D eigenvalue weighted by Gasteiger charge is -2.13. The van der Waals surface area contributed by atoms with Crippen molar-refractivity contribution < 1.29 is 32.1 Å². The first-order valence-corrected chi connectivity index (χ1v) is 20.0. The normalized spacial score (nSPS) is 11.2. The number of nitrogens with zero attached hydrogens (tertiary/aromatic N) is 4. The highest BCUT2D eigenvalue weighted by molar-refractivity contribution is 7.91. The van der Waals surface area contributed by atoms with Crippen molar-refractivity contribution in [2.75, 3.05) is 30.9 Å². The SMILES string of the molecule is CNC(=O)c1ccccc1Nc1nc(Nc2ccc(CC(=O)OCCCCCCCCCCCOc3nonc3S(=O)(=O)c3ccccc3)cc2)ncc1Cl. The maximum absolute atomic E-state index is 12.8. The third kappa shape index (κ3) is 12.2. The number of rotatable bonds is 22. The molecule has 290 valence electrons. The summed E-state index contributed by atoms with van der Waals surface area (Å²) in [6.45, 7) is 0.720. The number of nitrogens with one attached hydrogen (secondary N) is 3. The molecule has 2 heterocycles. The molecule has 0 unspecified atom stereocenters. The summed E-state index contributed by atoms with van der Waals surface area (Å²) < 4.78 is 41.2. The quantitative estimate of drug-likeness (QED) is 0.0455. The monoisotopic (exact) mass is 789 g/mol. The molecule has 1 amide bonds. The minimum atomic E-state index is -3.86. The molecule has 0 atom stereocenters. The Morgan fingerprint density at radius 1 is 0.782 bits per heavy atom. The number of carbonyl (C=O) groups excluding carboxylic acids is 2. The molecule has 0 bridgehead atoms. The van der Waals surface area contributed by atoms with Gasteiger partial charge in [-0.25, -0.2) is 18.0 Å². The van der Waals surface area contributed by atoms with Crippen molar-refractivity contribution in [3.05, 3.63) is 101 Å². The van der Waals surface area contributed by atoms with E-state index in [1.807, 2.05) is 24.3 Å². The Labute approximate surface area is 325 Å². The van der Waals surface area contributed by atoms with Gasteiger partial charge in [0.15, 0.2) is 5.82 Å². The van der Waals surface area contributed by atoms with Crippen molar-refractivity contribution in [3.63, 3.8) is 0 Å².